The van der Waals surface area contributed by atoms with E-state index >= 15 is 0 Å². The zero-order chi connectivity index (χ0) is 12.3. The Morgan fingerprint density at radius 1 is 1.29 bits per heavy atom. The molecule has 0 aliphatic heterocycles. The van der Waals surface area contributed by atoms with Crippen LogP contribution in [0.25, 0.3) is 11.3 Å². The molecule has 0 aliphatic rings. The predicted octanol–water partition coefficient (Wildman–Crippen LogP) is 3.39. The Morgan fingerprint density at radius 2 is 2.00 bits per heavy atom. The number of thioether (sulfide) groups is 1. The molecule has 1 aromatic carbocycles. The summed E-state index contributed by atoms with van der Waals surface area (Å²) in [6.07, 6.45) is 3.58. The first-order chi connectivity index (χ1) is 8.24. The van der Waals surface area contributed by atoms with E-state index in [-0.39, 0.29) is 10.8 Å². The lowest BCUT2D eigenvalue weighted by Crippen LogP contribution is -1.91. The fraction of sp³-hybridized carbons (Fsp3) is 0.0833. The molecule has 0 atom stereocenters. The van der Waals surface area contributed by atoms with Gasteiger partial charge < -0.3 is 0 Å². The van der Waals surface area contributed by atoms with Gasteiger partial charge in [0.25, 0.3) is 0 Å². The third-order valence-electron chi connectivity index (χ3n) is 2.22. The van der Waals surface area contributed by atoms with Crippen LogP contribution in [0.3, 0.4) is 0 Å². The van der Waals surface area contributed by atoms with Gasteiger partial charge in [0.1, 0.15) is 6.07 Å². The molecule has 1 aromatic heterocycles. The van der Waals surface area contributed by atoms with Crippen LogP contribution in [0.15, 0.2) is 35.4 Å². The Bertz CT molecular complexity index is 575. The van der Waals surface area contributed by atoms with E-state index in [9.17, 15) is 0 Å². The van der Waals surface area contributed by atoms with Gasteiger partial charge >= 0.3 is 0 Å². The Morgan fingerprint density at radius 3 is 2.53 bits per heavy atom. The largest absolute Gasteiger partial charge is 0.240 e. The van der Waals surface area contributed by atoms with Crippen molar-refractivity contribution in [2.24, 2.45) is 0 Å². The average molecular weight is 262 g/mol. The molecule has 1 heterocycles. The van der Waals surface area contributed by atoms with Crippen molar-refractivity contribution < 1.29 is 0 Å². The van der Waals surface area contributed by atoms with Crippen molar-refractivity contribution in [3.63, 3.8) is 0 Å². The maximum atomic E-state index is 8.71. The molecule has 0 aliphatic carbocycles. The van der Waals surface area contributed by atoms with Crippen molar-refractivity contribution in [2.75, 3.05) is 6.26 Å². The molecular formula is C12H8ClN3S. The minimum atomic E-state index is 0.138. The topological polar surface area (TPSA) is 49.6 Å². The summed E-state index contributed by atoms with van der Waals surface area (Å²) in [5.74, 6) is 0. The van der Waals surface area contributed by atoms with Gasteiger partial charge in [-0.3, -0.25) is 0 Å². The Hall–Kier alpha value is -1.57. The third kappa shape index (κ3) is 2.57. The SMILES string of the molecule is CSc1ccc(-c2cnc(C#N)c(Cl)n2)cc1. The molecule has 2 rings (SSSR count). The van der Waals surface area contributed by atoms with E-state index in [0.717, 1.165) is 5.56 Å². The van der Waals surface area contributed by atoms with Crippen molar-refractivity contribution in [3.8, 4) is 17.3 Å². The van der Waals surface area contributed by atoms with Gasteiger partial charge in [-0.2, -0.15) is 5.26 Å². The second-order valence-electron chi connectivity index (χ2n) is 3.23. The quantitative estimate of drug-likeness (QED) is 0.778. The van der Waals surface area contributed by atoms with Gasteiger partial charge in [0.15, 0.2) is 10.8 Å². The fourth-order valence-electron chi connectivity index (χ4n) is 1.34. The lowest BCUT2D eigenvalue weighted by molar-refractivity contribution is 1.17. The Balaban J connectivity index is 2.40. The molecule has 2 aromatic rings. The molecule has 0 fully saturated rings. The van der Waals surface area contributed by atoms with Crippen molar-refractivity contribution in [3.05, 3.63) is 41.3 Å². The van der Waals surface area contributed by atoms with E-state index in [0.29, 0.717) is 5.69 Å². The number of rotatable bonds is 2. The highest BCUT2D eigenvalue weighted by molar-refractivity contribution is 7.98. The molecule has 0 amide bonds. The highest BCUT2D eigenvalue weighted by Gasteiger charge is 2.06. The number of nitriles is 1. The smallest absolute Gasteiger partial charge is 0.177 e. The van der Waals surface area contributed by atoms with Crippen LogP contribution in [-0.4, -0.2) is 16.2 Å². The standard InChI is InChI=1S/C12H8ClN3S/c1-17-9-4-2-8(3-5-9)11-7-15-10(6-14)12(13)16-11/h2-5,7H,1H3. The minimum absolute atomic E-state index is 0.138. The summed E-state index contributed by atoms with van der Waals surface area (Å²) in [6.45, 7) is 0. The van der Waals surface area contributed by atoms with Gasteiger partial charge in [0.05, 0.1) is 11.9 Å². The van der Waals surface area contributed by atoms with Gasteiger partial charge in [-0.05, 0) is 18.4 Å². The zero-order valence-corrected chi connectivity index (χ0v) is 10.6. The van der Waals surface area contributed by atoms with Gasteiger partial charge in [-0.15, -0.1) is 11.8 Å². The number of hydrogen-bond donors (Lipinski definition) is 0. The minimum Gasteiger partial charge on any atom is -0.240 e. The first kappa shape index (κ1) is 11.9. The highest BCUT2D eigenvalue weighted by Crippen LogP contribution is 2.22. The molecule has 0 bridgehead atoms. The predicted molar refractivity (Wildman–Crippen MR) is 69.0 cm³/mol. The molecule has 0 spiro atoms. The van der Waals surface area contributed by atoms with Crippen molar-refractivity contribution >= 4 is 23.4 Å². The Labute approximate surface area is 108 Å². The summed E-state index contributed by atoms with van der Waals surface area (Å²) in [6, 6.07) is 9.81. The summed E-state index contributed by atoms with van der Waals surface area (Å²) in [4.78, 5) is 9.28. The third-order valence-corrected chi connectivity index (χ3v) is 3.23. The first-order valence-corrected chi connectivity index (χ1v) is 6.42. The van der Waals surface area contributed by atoms with Gasteiger partial charge in [0.2, 0.25) is 0 Å². The van der Waals surface area contributed by atoms with Crippen LogP contribution in [0.5, 0.6) is 0 Å². The van der Waals surface area contributed by atoms with Crippen LogP contribution in [-0.2, 0) is 0 Å². The number of aromatic nitrogens is 2. The molecule has 0 unspecified atom stereocenters. The summed E-state index contributed by atoms with van der Waals surface area (Å²) in [7, 11) is 0. The van der Waals surface area contributed by atoms with Gasteiger partial charge in [0, 0.05) is 10.5 Å². The van der Waals surface area contributed by atoms with Crippen molar-refractivity contribution in [2.45, 2.75) is 4.90 Å². The fourth-order valence-corrected chi connectivity index (χ4v) is 1.93. The number of benzene rings is 1. The van der Waals surface area contributed by atoms with Gasteiger partial charge in [-0.25, -0.2) is 9.97 Å². The highest BCUT2D eigenvalue weighted by atomic mass is 35.5. The molecule has 3 nitrogen and oxygen atoms in total. The summed E-state index contributed by atoms with van der Waals surface area (Å²) in [5.41, 5.74) is 1.75. The van der Waals surface area contributed by atoms with Crippen molar-refractivity contribution in [1.29, 1.82) is 5.26 Å². The Kier molecular flexibility index (Phi) is 3.62. The lowest BCUT2D eigenvalue weighted by atomic mass is 10.2. The molecule has 5 heteroatoms. The van der Waals surface area contributed by atoms with Crippen LogP contribution >= 0.6 is 23.4 Å². The number of halogens is 1. The van der Waals surface area contributed by atoms with E-state index in [4.69, 9.17) is 16.9 Å². The maximum absolute atomic E-state index is 8.71. The van der Waals surface area contributed by atoms with Crippen LogP contribution in [0.2, 0.25) is 5.15 Å². The average Bonchev–Trinajstić information content (AvgIpc) is 2.39. The normalized spacial score (nSPS) is 9.94. The lowest BCUT2D eigenvalue weighted by Gasteiger charge is -2.02. The van der Waals surface area contributed by atoms with E-state index in [1.54, 1.807) is 18.0 Å². The monoisotopic (exact) mass is 261 g/mol. The van der Waals surface area contributed by atoms with E-state index in [1.165, 1.54) is 4.90 Å². The number of hydrogen-bond acceptors (Lipinski definition) is 4. The molecule has 0 N–H and O–H groups in total. The van der Waals surface area contributed by atoms with E-state index in [1.807, 2.05) is 36.6 Å². The number of nitrogens with zero attached hydrogens (tertiary/aromatic N) is 3. The van der Waals surface area contributed by atoms with Crippen LogP contribution in [0, 0.1) is 11.3 Å². The summed E-state index contributed by atoms with van der Waals surface area (Å²) >= 11 is 7.51. The molecule has 17 heavy (non-hydrogen) atoms. The summed E-state index contributed by atoms with van der Waals surface area (Å²) < 4.78 is 0. The molecule has 0 radical (unpaired) electrons. The molecule has 0 saturated carbocycles. The zero-order valence-electron chi connectivity index (χ0n) is 9.01. The first-order valence-electron chi connectivity index (χ1n) is 4.81. The second kappa shape index (κ2) is 5.17. The van der Waals surface area contributed by atoms with Gasteiger partial charge in [-0.1, -0.05) is 23.7 Å². The van der Waals surface area contributed by atoms with Crippen LogP contribution < -0.4 is 0 Å². The van der Waals surface area contributed by atoms with Crippen LogP contribution in [0.1, 0.15) is 5.69 Å². The molecule has 0 saturated heterocycles. The second-order valence-corrected chi connectivity index (χ2v) is 4.47. The van der Waals surface area contributed by atoms with Crippen LogP contribution in [0.4, 0.5) is 0 Å². The van der Waals surface area contributed by atoms with E-state index < -0.39 is 0 Å². The molecular weight excluding hydrogens is 254 g/mol. The van der Waals surface area contributed by atoms with Crippen molar-refractivity contribution in [1.82, 2.24) is 9.97 Å². The summed E-state index contributed by atoms with van der Waals surface area (Å²) in [5, 5.41) is 8.85. The maximum Gasteiger partial charge on any atom is 0.177 e. The molecule has 84 valence electrons. The van der Waals surface area contributed by atoms with E-state index in [2.05, 4.69) is 9.97 Å².